The van der Waals surface area contributed by atoms with Crippen LogP contribution in [0.5, 0.6) is 5.75 Å². The minimum atomic E-state index is -1.04. The Morgan fingerprint density at radius 2 is 1.60 bits per heavy atom. The van der Waals surface area contributed by atoms with Crippen LogP contribution in [0.1, 0.15) is 38.1 Å². The molecule has 8 nitrogen and oxygen atoms in total. The molecular weight excluding hydrogens is 393 g/mol. The second-order valence-corrected chi connectivity index (χ2v) is 7.34. The number of amides is 3. The molecule has 1 atom stereocenters. The highest BCUT2D eigenvalue weighted by Gasteiger charge is 2.18. The fourth-order valence-electron chi connectivity index (χ4n) is 2.20. The third-order valence-corrected chi connectivity index (χ3v) is 3.60. The van der Waals surface area contributed by atoms with E-state index < -0.39 is 35.4 Å². The maximum Gasteiger partial charge on any atom is 0.412 e. The Morgan fingerprint density at radius 3 is 2.20 bits per heavy atom. The number of para-hydroxylation sites is 1. The summed E-state index contributed by atoms with van der Waals surface area (Å²) in [6, 6.07) is 11.7. The van der Waals surface area contributed by atoms with Gasteiger partial charge in [-0.1, -0.05) is 12.1 Å². The van der Waals surface area contributed by atoms with Crippen LogP contribution in [-0.2, 0) is 9.53 Å². The first-order chi connectivity index (χ1) is 14.0. The molecule has 160 valence electrons. The highest BCUT2D eigenvalue weighted by Crippen LogP contribution is 2.17. The number of carbonyl (C=O) groups excluding carboxylic acids is 3. The molecule has 0 aromatic heterocycles. The van der Waals surface area contributed by atoms with Crippen molar-refractivity contribution < 1.29 is 28.2 Å². The zero-order valence-corrected chi connectivity index (χ0v) is 17.1. The highest BCUT2D eigenvalue weighted by molar-refractivity contribution is 5.96. The van der Waals surface area contributed by atoms with Crippen molar-refractivity contribution in [3.63, 3.8) is 0 Å². The van der Waals surface area contributed by atoms with E-state index in [-0.39, 0.29) is 11.3 Å². The average Bonchev–Trinajstić information content (AvgIpc) is 2.66. The second kappa shape index (κ2) is 9.73. The van der Waals surface area contributed by atoms with Crippen LogP contribution in [-0.4, -0.2) is 29.6 Å². The van der Waals surface area contributed by atoms with Gasteiger partial charge in [0.25, 0.3) is 11.8 Å². The fraction of sp³-hybridized carbons (Fsp3) is 0.286. The van der Waals surface area contributed by atoms with Gasteiger partial charge in [0.2, 0.25) is 0 Å². The van der Waals surface area contributed by atoms with Gasteiger partial charge < -0.3 is 9.47 Å². The minimum Gasteiger partial charge on any atom is -0.478 e. The molecule has 0 saturated carbocycles. The Kier molecular flexibility index (Phi) is 7.35. The highest BCUT2D eigenvalue weighted by atomic mass is 19.1. The van der Waals surface area contributed by atoms with Crippen molar-refractivity contribution in [1.29, 1.82) is 0 Å². The fourth-order valence-corrected chi connectivity index (χ4v) is 2.20. The number of rotatable bonds is 5. The Labute approximate surface area is 173 Å². The van der Waals surface area contributed by atoms with Crippen molar-refractivity contribution in [3.05, 3.63) is 59.9 Å². The normalized spacial score (nSPS) is 11.8. The zero-order valence-electron chi connectivity index (χ0n) is 17.1. The average molecular weight is 417 g/mol. The van der Waals surface area contributed by atoms with E-state index in [0.29, 0.717) is 5.69 Å². The third kappa shape index (κ3) is 7.08. The molecule has 0 radical (unpaired) electrons. The molecule has 0 heterocycles. The van der Waals surface area contributed by atoms with Gasteiger partial charge in [-0.2, -0.15) is 0 Å². The summed E-state index contributed by atoms with van der Waals surface area (Å²) in [7, 11) is 0. The van der Waals surface area contributed by atoms with Crippen molar-refractivity contribution in [2.45, 2.75) is 39.4 Å². The molecule has 2 aromatic rings. The molecule has 2 rings (SSSR count). The monoisotopic (exact) mass is 417 g/mol. The number of benzene rings is 2. The smallest absolute Gasteiger partial charge is 0.412 e. The quantitative estimate of drug-likeness (QED) is 0.647. The predicted octanol–water partition coefficient (Wildman–Crippen LogP) is 3.40. The van der Waals surface area contributed by atoms with Crippen LogP contribution in [0.25, 0.3) is 0 Å². The largest absolute Gasteiger partial charge is 0.478 e. The van der Waals surface area contributed by atoms with Gasteiger partial charge in [0.05, 0.1) is 0 Å². The lowest BCUT2D eigenvalue weighted by molar-refractivity contribution is -0.128. The maximum absolute atomic E-state index is 13.6. The molecule has 0 bridgehead atoms. The summed E-state index contributed by atoms with van der Waals surface area (Å²) in [4.78, 5) is 36.0. The van der Waals surface area contributed by atoms with Gasteiger partial charge in [-0.15, -0.1) is 0 Å². The summed E-state index contributed by atoms with van der Waals surface area (Å²) < 4.78 is 24.0. The van der Waals surface area contributed by atoms with E-state index in [2.05, 4.69) is 16.2 Å². The molecule has 0 spiro atoms. The van der Waals surface area contributed by atoms with Crippen LogP contribution in [0.4, 0.5) is 14.9 Å². The van der Waals surface area contributed by atoms with Gasteiger partial charge in [0.1, 0.15) is 5.60 Å². The summed E-state index contributed by atoms with van der Waals surface area (Å²) in [6.45, 7) is 6.66. The van der Waals surface area contributed by atoms with Crippen LogP contribution in [0.2, 0.25) is 0 Å². The van der Waals surface area contributed by atoms with Crippen LogP contribution < -0.4 is 20.9 Å². The Balaban J connectivity index is 1.85. The van der Waals surface area contributed by atoms with Crippen molar-refractivity contribution in [3.8, 4) is 5.75 Å². The van der Waals surface area contributed by atoms with E-state index >= 15 is 0 Å². The van der Waals surface area contributed by atoms with Crippen LogP contribution in [0.3, 0.4) is 0 Å². The number of anilines is 1. The Morgan fingerprint density at radius 1 is 0.967 bits per heavy atom. The van der Waals surface area contributed by atoms with Gasteiger partial charge in [-0.25, -0.2) is 9.18 Å². The molecule has 3 amide bonds. The van der Waals surface area contributed by atoms with E-state index in [1.54, 1.807) is 26.8 Å². The van der Waals surface area contributed by atoms with Crippen molar-refractivity contribution in [1.82, 2.24) is 10.9 Å². The number of hydrogen-bond acceptors (Lipinski definition) is 5. The molecule has 3 N–H and O–H groups in total. The topological polar surface area (TPSA) is 106 Å². The number of hydrogen-bond donors (Lipinski definition) is 3. The third-order valence-electron chi connectivity index (χ3n) is 3.60. The SMILES string of the molecule is C[C@H](Oc1ccccc1F)C(=O)NNC(=O)c1ccc(NC(=O)OC(C)(C)C)cc1. The Bertz CT molecular complexity index is 910. The molecule has 2 aromatic carbocycles. The first kappa shape index (κ1) is 22.7. The predicted molar refractivity (Wildman–Crippen MR) is 108 cm³/mol. The van der Waals surface area contributed by atoms with Gasteiger partial charge in [-0.3, -0.25) is 25.8 Å². The summed E-state index contributed by atoms with van der Waals surface area (Å²) >= 11 is 0. The molecule has 0 aliphatic rings. The van der Waals surface area contributed by atoms with Gasteiger partial charge >= 0.3 is 6.09 Å². The molecule has 9 heteroatoms. The Hall–Kier alpha value is -3.62. The minimum absolute atomic E-state index is 0.0699. The van der Waals surface area contributed by atoms with Gasteiger partial charge in [0, 0.05) is 11.3 Å². The van der Waals surface area contributed by atoms with Gasteiger partial charge in [0.15, 0.2) is 17.7 Å². The standard InChI is InChI=1S/C21H24FN3O5/c1-13(29-17-8-6-5-7-16(17)22)18(26)24-25-19(27)14-9-11-15(12-10-14)23-20(28)30-21(2,3)4/h5-13H,1-4H3,(H,23,28)(H,24,26)(H,25,27)/t13-/m0/s1. The first-order valence-corrected chi connectivity index (χ1v) is 9.16. The second-order valence-electron chi connectivity index (χ2n) is 7.34. The van der Waals surface area contributed by atoms with Gasteiger partial charge in [-0.05, 0) is 64.1 Å². The summed E-state index contributed by atoms with van der Waals surface area (Å²) in [5.74, 6) is -1.90. The molecule has 0 saturated heterocycles. The van der Waals surface area contributed by atoms with E-state index in [0.717, 1.165) is 0 Å². The molecule has 0 aliphatic carbocycles. The summed E-state index contributed by atoms with van der Waals surface area (Å²) in [5.41, 5.74) is 4.52. The van der Waals surface area contributed by atoms with E-state index in [9.17, 15) is 18.8 Å². The van der Waals surface area contributed by atoms with E-state index in [1.807, 2.05) is 0 Å². The maximum atomic E-state index is 13.6. The number of nitrogens with one attached hydrogen (secondary N) is 3. The summed E-state index contributed by atoms with van der Waals surface area (Å²) in [6.07, 6.45) is -1.65. The van der Waals surface area contributed by atoms with Crippen LogP contribution in [0, 0.1) is 5.82 Å². The molecule has 30 heavy (non-hydrogen) atoms. The summed E-state index contributed by atoms with van der Waals surface area (Å²) in [5, 5.41) is 2.55. The lowest BCUT2D eigenvalue weighted by atomic mass is 10.2. The van der Waals surface area contributed by atoms with Crippen molar-refractivity contribution in [2.75, 3.05) is 5.32 Å². The van der Waals surface area contributed by atoms with E-state index in [4.69, 9.17) is 9.47 Å². The lowest BCUT2D eigenvalue weighted by Crippen LogP contribution is -2.47. The van der Waals surface area contributed by atoms with Crippen LogP contribution in [0.15, 0.2) is 48.5 Å². The molecule has 0 fully saturated rings. The number of halogens is 1. The number of carbonyl (C=O) groups is 3. The first-order valence-electron chi connectivity index (χ1n) is 9.16. The lowest BCUT2D eigenvalue weighted by Gasteiger charge is -2.19. The van der Waals surface area contributed by atoms with Crippen LogP contribution >= 0.6 is 0 Å². The molecular formula is C21H24FN3O5. The number of ether oxygens (including phenoxy) is 2. The zero-order chi connectivity index (χ0) is 22.3. The molecule has 0 aliphatic heterocycles. The van der Waals surface area contributed by atoms with Crippen molar-refractivity contribution >= 4 is 23.6 Å². The number of hydrazine groups is 1. The van der Waals surface area contributed by atoms with E-state index in [1.165, 1.54) is 49.4 Å². The van der Waals surface area contributed by atoms with Crippen molar-refractivity contribution in [2.24, 2.45) is 0 Å². The molecule has 0 unspecified atom stereocenters.